The van der Waals surface area contributed by atoms with Gasteiger partial charge in [-0.2, -0.15) is 0 Å². The van der Waals surface area contributed by atoms with Crippen LogP contribution in [-0.4, -0.2) is 4.82 Å². The van der Waals surface area contributed by atoms with Gasteiger partial charge in [0.15, 0.2) is 0 Å². The summed E-state index contributed by atoms with van der Waals surface area (Å²) in [6.45, 7) is 4.36. The Labute approximate surface area is 92.8 Å². The summed E-state index contributed by atoms with van der Waals surface area (Å²) >= 11 is 2.82. The predicted octanol–water partition coefficient (Wildman–Crippen LogP) is 4.13. The lowest BCUT2D eigenvalue weighted by molar-refractivity contribution is 0.270. The number of carbonyl (C=O) groups is 1. The first-order valence-electron chi connectivity index (χ1n) is 4.70. The number of hydrogen-bond acceptors (Lipinski definition) is 1. The lowest BCUT2D eigenvalue weighted by Crippen LogP contribution is -2.00. The van der Waals surface area contributed by atoms with Crippen molar-refractivity contribution in [1.82, 2.24) is 0 Å². The lowest BCUT2D eigenvalue weighted by Gasteiger charge is -2.09. The van der Waals surface area contributed by atoms with Crippen molar-refractivity contribution in [2.45, 2.75) is 26.2 Å². The molecular weight excluding hydrogens is 242 g/mol. The summed E-state index contributed by atoms with van der Waals surface area (Å²) in [5.74, 6) is 0.573. The molecule has 0 aromatic heterocycles. The van der Waals surface area contributed by atoms with Gasteiger partial charge in [-0.1, -0.05) is 26.0 Å². The van der Waals surface area contributed by atoms with Crippen LogP contribution in [-0.2, 0) is 0 Å². The van der Waals surface area contributed by atoms with Gasteiger partial charge in [0.25, 0.3) is 4.82 Å². The van der Waals surface area contributed by atoms with Gasteiger partial charge in [-0.15, -0.1) is 0 Å². The van der Waals surface area contributed by atoms with E-state index in [0.717, 1.165) is 12.1 Å². The highest BCUT2D eigenvalue weighted by molar-refractivity contribution is 9.18. The summed E-state index contributed by atoms with van der Waals surface area (Å²) in [5.41, 5.74) is 2.12. The van der Waals surface area contributed by atoms with Crippen LogP contribution >= 0.6 is 15.9 Å². The molecule has 1 aromatic rings. The Bertz CT molecular complexity index is 308. The van der Waals surface area contributed by atoms with Gasteiger partial charge in [0.05, 0.1) is 0 Å². The smallest absolute Gasteiger partial charge is 0.291 e. The monoisotopic (exact) mass is 255 g/mol. The summed E-state index contributed by atoms with van der Waals surface area (Å²) in [7, 11) is 0. The number of rotatable bonds is 3. The molecule has 0 aliphatic heterocycles. The van der Waals surface area contributed by atoms with Gasteiger partial charge < -0.3 is 5.32 Å². The first kappa shape index (κ1) is 11.2. The van der Waals surface area contributed by atoms with Crippen LogP contribution in [0, 0.1) is 0 Å². The Morgan fingerprint density at radius 3 is 2.43 bits per heavy atom. The van der Waals surface area contributed by atoms with E-state index in [2.05, 4.69) is 35.1 Å². The van der Waals surface area contributed by atoms with Gasteiger partial charge in [0.2, 0.25) is 0 Å². The fourth-order valence-electron chi connectivity index (χ4n) is 1.24. The van der Waals surface area contributed by atoms with E-state index in [1.54, 1.807) is 0 Å². The van der Waals surface area contributed by atoms with Gasteiger partial charge in [-0.25, -0.2) is 0 Å². The standard InChI is InChI=1S/C11H14BrNO/c1-3-8(2)9-4-6-10(7-5-9)13-11(12)14/h4-8H,3H2,1-2H3,(H,13,14). The van der Waals surface area contributed by atoms with Crippen molar-refractivity contribution in [2.75, 3.05) is 5.32 Å². The molecule has 1 unspecified atom stereocenters. The normalized spacial score (nSPS) is 12.2. The number of carbonyl (C=O) groups excluding carboxylic acids is 1. The molecule has 3 heteroatoms. The molecule has 1 aromatic carbocycles. The maximum absolute atomic E-state index is 10.7. The molecule has 0 saturated carbocycles. The van der Waals surface area contributed by atoms with Crippen LogP contribution in [0.2, 0.25) is 0 Å². The molecule has 0 aliphatic carbocycles. The van der Waals surface area contributed by atoms with Crippen molar-refractivity contribution in [1.29, 1.82) is 0 Å². The molecule has 76 valence electrons. The van der Waals surface area contributed by atoms with Crippen LogP contribution in [0.4, 0.5) is 10.5 Å². The molecule has 0 radical (unpaired) electrons. The number of hydrogen-bond donors (Lipinski definition) is 1. The van der Waals surface area contributed by atoms with E-state index in [4.69, 9.17) is 0 Å². The van der Waals surface area contributed by atoms with Gasteiger partial charge in [-0.05, 0) is 30.0 Å². The maximum Gasteiger partial charge on any atom is 0.291 e. The lowest BCUT2D eigenvalue weighted by atomic mass is 9.99. The van der Waals surface area contributed by atoms with Crippen LogP contribution in [0.1, 0.15) is 31.7 Å². The summed E-state index contributed by atoms with van der Waals surface area (Å²) in [6, 6.07) is 7.93. The molecule has 1 N–H and O–H groups in total. The van der Waals surface area contributed by atoms with Crippen LogP contribution in [0.3, 0.4) is 0 Å². The number of amides is 1. The van der Waals surface area contributed by atoms with Crippen LogP contribution in [0.15, 0.2) is 24.3 Å². The molecule has 2 nitrogen and oxygen atoms in total. The van der Waals surface area contributed by atoms with Gasteiger partial charge in [0.1, 0.15) is 0 Å². The van der Waals surface area contributed by atoms with E-state index < -0.39 is 0 Å². The van der Waals surface area contributed by atoms with Gasteiger partial charge in [0, 0.05) is 21.6 Å². The minimum absolute atomic E-state index is 0.214. The van der Waals surface area contributed by atoms with Gasteiger partial charge >= 0.3 is 0 Å². The number of anilines is 1. The number of halogens is 1. The molecule has 1 rings (SSSR count). The number of benzene rings is 1. The summed E-state index contributed by atoms with van der Waals surface area (Å²) < 4.78 is 0. The van der Waals surface area contributed by atoms with E-state index in [0.29, 0.717) is 5.92 Å². The summed E-state index contributed by atoms with van der Waals surface area (Å²) in [5, 5.41) is 2.67. The minimum atomic E-state index is -0.214. The molecule has 14 heavy (non-hydrogen) atoms. The van der Waals surface area contributed by atoms with Crippen LogP contribution in [0.25, 0.3) is 0 Å². The predicted molar refractivity (Wildman–Crippen MR) is 63.1 cm³/mol. The molecule has 1 amide bonds. The molecule has 0 spiro atoms. The third kappa shape index (κ3) is 3.14. The zero-order chi connectivity index (χ0) is 10.6. The number of nitrogens with one attached hydrogen (secondary N) is 1. The largest absolute Gasteiger partial charge is 0.317 e. The maximum atomic E-state index is 10.7. The average molecular weight is 256 g/mol. The van der Waals surface area contributed by atoms with E-state index in [9.17, 15) is 4.79 Å². The first-order valence-corrected chi connectivity index (χ1v) is 5.49. The molecule has 0 aliphatic rings. The van der Waals surface area contributed by atoms with Crippen molar-refractivity contribution in [3.63, 3.8) is 0 Å². The highest BCUT2D eigenvalue weighted by Crippen LogP contribution is 2.20. The minimum Gasteiger partial charge on any atom is -0.317 e. The molecule has 0 heterocycles. The zero-order valence-electron chi connectivity index (χ0n) is 8.38. The zero-order valence-corrected chi connectivity index (χ0v) is 9.97. The van der Waals surface area contributed by atoms with Crippen LogP contribution < -0.4 is 5.32 Å². The Morgan fingerprint density at radius 1 is 1.43 bits per heavy atom. The molecular formula is C11H14BrNO. The fraction of sp³-hybridized carbons (Fsp3) is 0.364. The van der Waals surface area contributed by atoms with Crippen molar-refractivity contribution in [3.05, 3.63) is 29.8 Å². The van der Waals surface area contributed by atoms with Crippen molar-refractivity contribution < 1.29 is 4.79 Å². The quantitative estimate of drug-likeness (QED) is 0.639. The molecule has 1 atom stereocenters. The van der Waals surface area contributed by atoms with E-state index in [1.807, 2.05) is 24.3 Å². The van der Waals surface area contributed by atoms with E-state index >= 15 is 0 Å². The highest BCUT2D eigenvalue weighted by atomic mass is 79.9. The topological polar surface area (TPSA) is 29.1 Å². The fourth-order valence-corrected chi connectivity index (χ4v) is 1.47. The Morgan fingerprint density at radius 2 is 2.00 bits per heavy atom. The second kappa shape index (κ2) is 5.15. The summed E-state index contributed by atoms with van der Waals surface area (Å²) in [4.78, 5) is 10.5. The second-order valence-electron chi connectivity index (χ2n) is 3.33. The average Bonchev–Trinajstić information content (AvgIpc) is 2.17. The van der Waals surface area contributed by atoms with Crippen LogP contribution in [0.5, 0.6) is 0 Å². The third-order valence-electron chi connectivity index (χ3n) is 2.33. The highest BCUT2D eigenvalue weighted by Gasteiger charge is 2.02. The van der Waals surface area contributed by atoms with Crippen molar-refractivity contribution in [3.8, 4) is 0 Å². The van der Waals surface area contributed by atoms with Crippen molar-refractivity contribution >= 4 is 26.4 Å². The summed E-state index contributed by atoms with van der Waals surface area (Å²) in [6.07, 6.45) is 1.13. The van der Waals surface area contributed by atoms with E-state index in [-0.39, 0.29) is 4.82 Å². The molecule has 0 bridgehead atoms. The third-order valence-corrected chi connectivity index (χ3v) is 2.53. The SMILES string of the molecule is CCC(C)c1ccc(NC(=O)Br)cc1. The molecule has 0 fully saturated rings. The van der Waals surface area contributed by atoms with Crippen molar-refractivity contribution in [2.24, 2.45) is 0 Å². The molecule has 0 saturated heterocycles. The Hall–Kier alpha value is -0.830. The second-order valence-corrected chi connectivity index (χ2v) is 4.05. The Balaban J connectivity index is 2.73. The first-order chi connectivity index (χ1) is 6.63. The Kier molecular flexibility index (Phi) is 4.14. The van der Waals surface area contributed by atoms with E-state index in [1.165, 1.54) is 5.56 Å². The van der Waals surface area contributed by atoms with Gasteiger partial charge in [-0.3, -0.25) is 4.79 Å².